The lowest BCUT2D eigenvalue weighted by Crippen LogP contribution is -2.49. The van der Waals surface area contributed by atoms with E-state index in [1.807, 2.05) is 0 Å². The fraction of sp³-hybridized carbons (Fsp3) is 0.938. The molecule has 2 fully saturated rings. The molecule has 0 spiro atoms. The van der Waals surface area contributed by atoms with Crippen LogP contribution in [0.3, 0.4) is 0 Å². The molecule has 4 atom stereocenters. The third kappa shape index (κ3) is 3.30. The van der Waals surface area contributed by atoms with E-state index < -0.39 is 0 Å². The largest absolute Gasteiger partial charge is 0.299 e. The molecule has 1 aliphatic heterocycles. The van der Waals surface area contributed by atoms with Crippen molar-refractivity contribution in [2.45, 2.75) is 76.9 Å². The van der Waals surface area contributed by atoms with E-state index in [-0.39, 0.29) is 5.54 Å². The van der Waals surface area contributed by atoms with Crippen LogP contribution < -0.4 is 5.32 Å². The Labute approximate surface area is 118 Å². The zero-order valence-corrected chi connectivity index (χ0v) is 12.8. The van der Waals surface area contributed by atoms with Gasteiger partial charge in [0.2, 0.25) is 0 Å². The third-order valence-corrected chi connectivity index (χ3v) is 5.05. The summed E-state index contributed by atoms with van der Waals surface area (Å²) >= 11 is 0. The number of hydrogen-bond acceptors (Lipinski definition) is 3. The molecule has 1 N–H and O–H groups in total. The second-order valence-corrected chi connectivity index (χ2v) is 6.75. The Morgan fingerprint density at radius 3 is 2.79 bits per heavy atom. The normalized spacial score (nSPS) is 40.2. The van der Waals surface area contributed by atoms with Gasteiger partial charge in [0.1, 0.15) is 5.54 Å². The molecule has 1 saturated heterocycles. The Morgan fingerprint density at radius 2 is 2.11 bits per heavy atom. The fourth-order valence-corrected chi connectivity index (χ4v) is 3.80. The first-order chi connectivity index (χ1) is 9.10. The quantitative estimate of drug-likeness (QED) is 0.847. The minimum Gasteiger partial charge on any atom is -0.299 e. The highest BCUT2D eigenvalue weighted by Crippen LogP contribution is 2.36. The first kappa shape index (κ1) is 14.8. The van der Waals surface area contributed by atoms with E-state index in [1.165, 1.54) is 25.8 Å². The Morgan fingerprint density at radius 1 is 1.32 bits per heavy atom. The minimum absolute atomic E-state index is 0.249. The maximum atomic E-state index is 9.55. The number of likely N-dealkylation sites (tertiary alicyclic amines) is 1. The molecule has 0 aromatic carbocycles. The van der Waals surface area contributed by atoms with Crippen LogP contribution >= 0.6 is 0 Å². The summed E-state index contributed by atoms with van der Waals surface area (Å²) in [5.41, 5.74) is -0.249. The maximum Gasteiger partial charge on any atom is 0.108 e. The first-order valence-electron chi connectivity index (χ1n) is 8.02. The van der Waals surface area contributed by atoms with Crippen molar-refractivity contribution in [2.75, 3.05) is 13.1 Å². The van der Waals surface area contributed by atoms with E-state index in [4.69, 9.17) is 0 Å². The Hall–Kier alpha value is -0.590. The molecule has 1 heterocycles. The number of nitriles is 1. The van der Waals surface area contributed by atoms with Crippen LogP contribution in [-0.4, -0.2) is 35.6 Å². The van der Waals surface area contributed by atoms with Crippen molar-refractivity contribution in [1.29, 1.82) is 5.26 Å². The van der Waals surface area contributed by atoms with Gasteiger partial charge in [0.15, 0.2) is 0 Å². The van der Waals surface area contributed by atoms with Crippen LogP contribution in [-0.2, 0) is 0 Å². The van der Waals surface area contributed by atoms with Crippen LogP contribution in [0.25, 0.3) is 0 Å². The Bertz CT molecular complexity index is 335. The van der Waals surface area contributed by atoms with E-state index >= 15 is 0 Å². The summed E-state index contributed by atoms with van der Waals surface area (Å²) < 4.78 is 0. The molecule has 19 heavy (non-hydrogen) atoms. The first-order valence-corrected chi connectivity index (χ1v) is 8.02. The van der Waals surface area contributed by atoms with Crippen molar-refractivity contribution >= 4 is 0 Å². The van der Waals surface area contributed by atoms with Gasteiger partial charge in [-0.05, 0) is 57.9 Å². The molecule has 3 nitrogen and oxygen atoms in total. The predicted octanol–water partition coefficient (Wildman–Crippen LogP) is 2.92. The molecule has 0 radical (unpaired) electrons. The molecular weight excluding hydrogens is 234 g/mol. The molecule has 0 aromatic rings. The van der Waals surface area contributed by atoms with Crippen LogP contribution in [0.1, 0.15) is 59.3 Å². The van der Waals surface area contributed by atoms with Crippen LogP contribution in [0.4, 0.5) is 0 Å². The molecular formula is C16H29N3. The SMILES string of the molecule is CCCNC1(C#N)CCC(N2CC(C)CCC2C)C1. The lowest BCUT2D eigenvalue weighted by molar-refractivity contribution is 0.0768. The van der Waals surface area contributed by atoms with Gasteiger partial charge in [-0.15, -0.1) is 0 Å². The second kappa shape index (κ2) is 6.24. The average molecular weight is 263 g/mol. The van der Waals surface area contributed by atoms with Gasteiger partial charge >= 0.3 is 0 Å². The van der Waals surface area contributed by atoms with Crippen molar-refractivity contribution in [2.24, 2.45) is 5.92 Å². The Kier molecular flexibility index (Phi) is 4.86. The molecule has 4 unspecified atom stereocenters. The van der Waals surface area contributed by atoms with Gasteiger partial charge < -0.3 is 0 Å². The maximum absolute atomic E-state index is 9.55. The highest BCUT2D eigenvalue weighted by molar-refractivity contribution is 5.13. The van der Waals surface area contributed by atoms with Crippen LogP contribution in [0.15, 0.2) is 0 Å². The van der Waals surface area contributed by atoms with E-state index in [9.17, 15) is 5.26 Å². The zero-order valence-electron chi connectivity index (χ0n) is 12.8. The number of rotatable bonds is 4. The van der Waals surface area contributed by atoms with E-state index in [0.29, 0.717) is 12.1 Å². The Balaban J connectivity index is 1.98. The summed E-state index contributed by atoms with van der Waals surface area (Å²) in [7, 11) is 0. The van der Waals surface area contributed by atoms with Crippen molar-refractivity contribution in [3.63, 3.8) is 0 Å². The summed E-state index contributed by atoms with van der Waals surface area (Å²) in [5, 5.41) is 13.0. The molecule has 0 aromatic heterocycles. The second-order valence-electron chi connectivity index (χ2n) is 6.75. The highest BCUT2D eigenvalue weighted by Gasteiger charge is 2.42. The molecule has 108 valence electrons. The average Bonchev–Trinajstić information content (AvgIpc) is 2.84. The van der Waals surface area contributed by atoms with E-state index in [1.54, 1.807) is 0 Å². The summed E-state index contributed by atoms with van der Waals surface area (Å²) in [6.07, 6.45) is 7.00. The molecule has 0 bridgehead atoms. The van der Waals surface area contributed by atoms with Crippen molar-refractivity contribution < 1.29 is 0 Å². The van der Waals surface area contributed by atoms with E-state index in [2.05, 4.69) is 37.1 Å². The lowest BCUT2D eigenvalue weighted by Gasteiger charge is -2.41. The molecule has 1 aliphatic carbocycles. The monoisotopic (exact) mass is 263 g/mol. The third-order valence-electron chi connectivity index (χ3n) is 5.05. The van der Waals surface area contributed by atoms with Gasteiger partial charge in [-0.1, -0.05) is 13.8 Å². The van der Waals surface area contributed by atoms with Crippen LogP contribution in [0.2, 0.25) is 0 Å². The van der Waals surface area contributed by atoms with Gasteiger partial charge in [0.05, 0.1) is 6.07 Å². The predicted molar refractivity (Wildman–Crippen MR) is 78.8 cm³/mol. The van der Waals surface area contributed by atoms with Gasteiger partial charge in [0, 0.05) is 18.6 Å². The van der Waals surface area contributed by atoms with Crippen LogP contribution in [0, 0.1) is 17.2 Å². The van der Waals surface area contributed by atoms with E-state index in [0.717, 1.165) is 31.7 Å². The van der Waals surface area contributed by atoms with Gasteiger partial charge in [-0.2, -0.15) is 5.26 Å². The smallest absolute Gasteiger partial charge is 0.108 e. The fourth-order valence-electron chi connectivity index (χ4n) is 3.80. The summed E-state index contributed by atoms with van der Waals surface area (Å²) in [6, 6.07) is 3.88. The standard InChI is InChI=1S/C16H29N3/c1-4-9-18-16(12-17)8-7-15(10-16)19-11-13(2)5-6-14(19)3/h13-15,18H,4-11H2,1-3H3. The van der Waals surface area contributed by atoms with Crippen LogP contribution in [0.5, 0.6) is 0 Å². The summed E-state index contributed by atoms with van der Waals surface area (Å²) in [6.45, 7) is 9.07. The molecule has 3 heteroatoms. The topological polar surface area (TPSA) is 39.1 Å². The summed E-state index contributed by atoms with van der Waals surface area (Å²) in [5.74, 6) is 0.817. The molecule has 2 aliphatic rings. The van der Waals surface area contributed by atoms with Crippen molar-refractivity contribution in [3.05, 3.63) is 0 Å². The number of nitrogens with zero attached hydrogens (tertiary/aromatic N) is 2. The lowest BCUT2D eigenvalue weighted by atomic mass is 9.92. The van der Waals surface area contributed by atoms with Crippen molar-refractivity contribution in [3.8, 4) is 6.07 Å². The zero-order chi connectivity index (χ0) is 13.9. The van der Waals surface area contributed by atoms with Gasteiger partial charge in [0.25, 0.3) is 0 Å². The number of nitrogens with one attached hydrogen (secondary N) is 1. The number of hydrogen-bond donors (Lipinski definition) is 1. The van der Waals surface area contributed by atoms with Gasteiger partial charge in [-0.3, -0.25) is 10.2 Å². The molecule has 1 saturated carbocycles. The summed E-state index contributed by atoms with van der Waals surface area (Å²) in [4.78, 5) is 2.68. The number of piperidine rings is 1. The molecule has 0 amide bonds. The highest BCUT2D eigenvalue weighted by atomic mass is 15.2. The molecule has 2 rings (SSSR count). The minimum atomic E-state index is -0.249. The van der Waals surface area contributed by atoms with Gasteiger partial charge in [-0.25, -0.2) is 0 Å². The van der Waals surface area contributed by atoms with Crippen molar-refractivity contribution in [1.82, 2.24) is 10.2 Å².